The van der Waals surface area contributed by atoms with Crippen LogP contribution in [0.25, 0.3) is 0 Å². The molecule has 0 spiro atoms. The molecule has 0 amide bonds. The third kappa shape index (κ3) is 3.30. The molecule has 0 N–H and O–H groups in total. The largest absolute Gasteiger partial charge is 0.434 e. The number of ether oxygens (including phenoxy) is 1. The number of hydrogen-bond donors (Lipinski definition) is 0. The topological polar surface area (TPSA) is 9.23 Å². The molecule has 2 aromatic rings. The number of benzene rings is 2. The Bertz CT molecular complexity index is 603. The van der Waals surface area contributed by atoms with Crippen molar-refractivity contribution in [3.8, 4) is 5.75 Å². The van der Waals surface area contributed by atoms with E-state index >= 15 is 0 Å². The first kappa shape index (κ1) is 14.8. The van der Waals surface area contributed by atoms with Crippen molar-refractivity contribution in [2.45, 2.75) is 11.4 Å². The van der Waals surface area contributed by atoms with E-state index in [2.05, 4.69) is 20.7 Å². The van der Waals surface area contributed by atoms with Gasteiger partial charge in [-0.05, 0) is 24.3 Å². The first-order valence-corrected chi connectivity index (χ1v) is 6.53. The van der Waals surface area contributed by atoms with Crippen molar-refractivity contribution in [1.82, 2.24) is 0 Å². The Kier molecular flexibility index (Phi) is 4.65. The Morgan fingerprint density at radius 3 is 2.35 bits per heavy atom. The summed E-state index contributed by atoms with van der Waals surface area (Å²) in [4.78, 5) is -0.798. The van der Waals surface area contributed by atoms with Gasteiger partial charge in [0.15, 0.2) is 0 Å². The Hall–Kier alpha value is -1.56. The SMILES string of the molecule is Fc1ccc(F)c(C(Br)c2ccccc2OC(F)F)c1. The first-order chi connectivity index (χ1) is 9.49. The van der Waals surface area contributed by atoms with Crippen LogP contribution in [-0.2, 0) is 0 Å². The van der Waals surface area contributed by atoms with Crippen molar-refractivity contribution >= 4 is 15.9 Å². The van der Waals surface area contributed by atoms with E-state index in [0.29, 0.717) is 0 Å². The lowest BCUT2D eigenvalue weighted by Gasteiger charge is -2.16. The van der Waals surface area contributed by atoms with Crippen LogP contribution >= 0.6 is 15.9 Å². The van der Waals surface area contributed by atoms with Gasteiger partial charge >= 0.3 is 6.61 Å². The third-order valence-electron chi connectivity index (χ3n) is 2.64. The third-order valence-corrected chi connectivity index (χ3v) is 3.63. The van der Waals surface area contributed by atoms with Crippen LogP contribution < -0.4 is 4.74 Å². The summed E-state index contributed by atoms with van der Waals surface area (Å²) in [5, 5.41) is 0. The van der Waals surface area contributed by atoms with E-state index in [0.717, 1.165) is 18.2 Å². The molecule has 0 aliphatic heterocycles. The normalized spacial score (nSPS) is 12.5. The summed E-state index contributed by atoms with van der Waals surface area (Å²) in [5.41, 5.74) is 0.299. The van der Waals surface area contributed by atoms with Crippen LogP contribution in [0.4, 0.5) is 17.6 Å². The summed E-state index contributed by atoms with van der Waals surface area (Å²) in [6.45, 7) is -2.99. The van der Waals surface area contributed by atoms with Crippen molar-refractivity contribution in [3.05, 3.63) is 65.2 Å². The highest BCUT2D eigenvalue weighted by Gasteiger charge is 2.20. The molecule has 0 fully saturated rings. The molecule has 106 valence electrons. The molecule has 0 aliphatic carbocycles. The van der Waals surface area contributed by atoms with Gasteiger partial charge < -0.3 is 4.74 Å². The second kappa shape index (κ2) is 6.26. The van der Waals surface area contributed by atoms with Crippen molar-refractivity contribution in [2.75, 3.05) is 0 Å². The Labute approximate surface area is 121 Å². The average Bonchev–Trinajstić information content (AvgIpc) is 2.41. The minimum Gasteiger partial charge on any atom is -0.434 e. The van der Waals surface area contributed by atoms with Crippen LogP contribution in [-0.4, -0.2) is 6.61 Å². The van der Waals surface area contributed by atoms with E-state index in [1.54, 1.807) is 6.07 Å². The second-order valence-electron chi connectivity index (χ2n) is 3.94. The van der Waals surface area contributed by atoms with Crippen molar-refractivity contribution in [3.63, 3.8) is 0 Å². The number of rotatable bonds is 4. The minimum absolute atomic E-state index is 0.00955. The minimum atomic E-state index is -2.99. The first-order valence-electron chi connectivity index (χ1n) is 5.62. The molecule has 0 bridgehead atoms. The summed E-state index contributed by atoms with van der Waals surface area (Å²) in [7, 11) is 0. The van der Waals surface area contributed by atoms with Gasteiger partial charge in [0.25, 0.3) is 0 Å². The van der Waals surface area contributed by atoms with E-state index in [1.165, 1.54) is 18.2 Å². The summed E-state index contributed by atoms with van der Waals surface area (Å²) < 4.78 is 56.0. The lowest BCUT2D eigenvalue weighted by molar-refractivity contribution is -0.0503. The lowest BCUT2D eigenvalue weighted by Crippen LogP contribution is -2.06. The van der Waals surface area contributed by atoms with Gasteiger partial charge in [0.05, 0.1) is 4.83 Å². The van der Waals surface area contributed by atoms with Gasteiger partial charge in [-0.1, -0.05) is 34.1 Å². The van der Waals surface area contributed by atoms with E-state index in [9.17, 15) is 17.6 Å². The van der Waals surface area contributed by atoms with Gasteiger partial charge in [-0.2, -0.15) is 8.78 Å². The molecule has 0 saturated heterocycles. The Morgan fingerprint density at radius 1 is 0.950 bits per heavy atom. The van der Waals surface area contributed by atoms with E-state index in [-0.39, 0.29) is 16.9 Å². The quantitative estimate of drug-likeness (QED) is 0.554. The molecule has 0 aliphatic rings. The fourth-order valence-electron chi connectivity index (χ4n) is 1.77. The van der Waals surface area contributed by atoms with Gasteiger partial charge in [0, 0.05) is 11.1 Å². The van der Waals surface area contributed by atoms with E-state index < -0.39 is 23.1 Å². The molecule has 1 unspecified atom stereocenters. The van der Waals surface area contributed by atoms with Crippen LogP contribution in [0.3, 0.4) is 0 Å². The van der Waals surface area contributed by atoms with Crippen LogP contribution in [0.15, 0.2) is 42.5 Å². The van der Waals surface area contributed by atoms with Crippen LogP contribution in [0.1, 0.15) is 16.0 Å². The number of hydrogen-bond acceptors (Lipinski definition) is 1. The molecule has 0 radical (unpaired) electrons. The highest BCUT2D eigenvalue weighted by Crippen LogP contribution is 2.38. The van der Waals surface area contributed by atoms with Gasteiger partial charge in [-0.15, -0.1) is 0 Å². The molecule has 6 heteroatoms. The number of halogens is 5. The molecule has 0 aromatic heterocycles. The van der Waals surface area contributed by atoms with Gasteiger partial charge in [-0.3, -0.25) is 0 Å². The highest BCUT2D eigenvalue weighted by atomic mass is 79.9. The summed E-state index contributed by atoms with van der Waals surface area (Å²) in [6.07, 6.45) is 0. The van der Waals surface area contributed by atoms with Gasteiger partial charge in [-0.25, -0.2) is 8.78 Å². The second-order valence-corrected chi connectivity index (χ2v) is 4.86. The average molecular weight is 349 g/mol. The maximum absolute atomic E-state index is 13.7. The Morgan fingerprint density at radius 2 is 1.65 bits per heavy atom. The maximum Gasteiger partial charge on any atom is 0.387 e. The van der Waals surface area contributed by atoms with E-state index in [4.69, 9.17) is 0 Å². The molecular formula is C14H9BrF4O. The standard InChI is InChI=1S/C14H9BrF4O/c15-13(10-7-8(16)5-6-11(10)17)9-3-1-2-4-12(9)20-14(18)19/h1-7,13-14H. The van der Waals surface area contributed by atoms with Gasteiger partial charge in [0.2, 0.25) is 0 Å². The number of para-hydroxylation sites is 1. The van der Waals surface area contributed by atoms with Crippen molar-refractivity contribution in [2.24, 2.45) is 0 Å². The van der Waals surface area contributed by atoms with Gasteiger partial charge in [0.1, 0.15) is 17.4 Å². The zero-order chi connectivity index (χ0) is 14.7. The summed E-state index contributed by atoms with van der Waals surface area (Å²) in [5.74, 6) is -1.34. The summed E-state index contributed by atoms with van der Waals surface area (Å²) in [6, 6.07) is 8.93. The molecule has 0 heterocycles. The number of alkyl halides is 3. The molecule has 2 rings (SSSR count). The molecule has 1 atom stereocenters. The van der Waals surface area contributed by atoms with Crippen LogP contribution in [0.5, 0.6) is 5.75 Å². The monoisotopic (exact) mass is 348 g/mol. The van der Waals surface area contributed by atoms with Crippen LogP contribution in [0, 0.1) is 11.6 Å². The fraction of sp³-hybridized carbons (Fsp3) is 0.143. The lowest BCUT2D eigenvalue weighted by atomic mass is 10.0. The summed E-state index contributed by atoms with van der Waals surface area (Å²) >= 11 is 3.19. The molecular weight excluding hydrogens is 340 g/mol. The highest BCUT2D eigenvalue weighted by molar-refractivity contribution is 9.09. The fourth-order valence-corrected chi connectivity index (χ4v) is 2.50. The predicted octanol–water partition coefficient (Wildman–Crippen LogP) is 5.05. The molecule has 0 saturated carbocycles. The van der Waals surface area contributed by atoms with E-state index in [1.807, 2.05) is 0 Å². The molecule has 20 heavy (non-hydrogen) atoms. The smallest absolute Gasteiger partial charge is 0.387 e. The molecule has 2 aromatic carbocycles. The van der Waals surface area contributed by atoms with Crippen molar-refractivity contribution < 1.29 is 22.3 Å². The van der Waals surface area contributed by atoms with Crippen molar-refractivity contribution in [1.29, 1.82) is 0 Å². The zero-order valence-electron chi connectivity index (χ0n) is 9.99. The Balaban J connectivity index is 2.42. The zero-order valence-corrected chi connectivity index (χ0v) is 11.6. The maximum atomic E-state index is 13.7. The van der Waals surface area contributed by atoms with Crippen LogP contribution in [0.2, 0.25) is 0 Å². The molecule has 1 nitrogen and oxygen atoms in total. The predicted molar refractivity (Wildman–Crippen MR) is 70.2 cm³/mol.